The van der Waals surface area contributed by atoms with Gasteiger partial charge in [0.15, 0.2) is 0 Å². The number of carbonyl (C=O) groups is 1. The molecule has 1 heterocycles. The molecule has 0 aliphatic rings. The summed E-state index contributed by atoms with van der Waals surface area (Å²) in [6, 6.07) is 23.3. The fourth-order valence-corrected chi connectivity index (χ4v) is 3.53. The van der Waals surface area contributed by atoms with Gasteiger partial charge in [-0.15, -0.1) is 0 Å². The van der Waals surface area contributed by atoms with Crippen LogP contribution in [0.2, 0.25) is 0 Å². The zero-order chi connectivity index (χ0) is 17.7. The maximum absolute atomic E-state index is 11.1. The van der Waals surface area contributed by atoms with E-state index in [1.165, 1.54) is 10.8 Å². The Bertz CT molecular complexity index is 1230. The zero-order valence-electron chi connectivity index (χ0n) is 13.7. The van der Waals surface area contributed by atoms with Crippen LogP contribution in [0.15, 0.2) is 72.8 Å². The van der Waals surface area contributed by atoms with Gasteiger partial charge in [0.2, 0.25) is 0 Å². The molecule has 0 saturated carbocycles. The fraction of sp³-hybridized carbons (Fsp3) is 0. The van der Waals surface area contributed by atoms with Crippen molar-refractivity contribution in [1.29, 1.82) is 0 Å². The maximum Gasteiger partial charge on any atom is 0.335 e. The summed E-state index contributed by atoms with van der Waals surface area (Å²) in [6.07, 6.45) is 0. The van der Waals surface area contributed by atoms with Crippen molar-refractivity contribution in [3.05, 3.63) is 78.4 Å². The number of aromatic carboxylic acids is 1. The third-order valence-electron chi connectivity index (χ3n) is 4.78. The molecule has 0 atom stereocenters. The Morgan fingerprint density at radius 1 is 0.769 bits per heavy atom. The van der Waals surface area contributed by atoms with Gasteiger partial charge in [0.05, 0.1) is 16.6 Å². The summed E-state index contributed by atoms with van der Waals surface area (Å²) in [7, 11) is 0. The first-order valence-corrected chi connectivity index (χ1v) is 8.35. The lowest BCUT2D eigenvalue weighted by atomic mass is 10.0. The van der Waals surface area contributed by atoms with Crippen molar-refractivity contribution in [2.75, 3.05) is 0 Å². The van der Waals surface area contributed by atoms with Crippen molar-refractivity contribution >= 4 is 38.5 Å². The first kappa shape index (κ1) is 14.7. The minimum atomic E-state index is -0.932. The molecule has 0 unspecified atom stereocenters. The summed E-state index contributed by atoms with van der Waals surface area (Å²) < 4.78 is 0. The number of H-pyrrole nitrogens is 1. The van der Waals surface area contributed by atoms with Gasteiger partial charge in [-0.3, -0.25) is 0 Å². The van der Waals surface area contributed by atoms with Crippen LogP contribution < -0.4 is 0 Å². The Morgan fingerprint density at radius 2 is 1.35 bits per heavy atom. The number of nitrogens with one attached hydrogen (secondary N) is 1. The van der Waals surface area contributed by atoms with E-state index in [9.17, 15) is 4.79 Å². The second-order valence-corrected chi connectivity index (χ2v) is 6.28. The molecule has 5 rings (SSSR count). The lowest BCUT2D eigenvalue weighted by Crippen LogP contribution is -1.95. The normalized spacial score (nSPS) is 11.4. The van der Waals surface area contributed by atoms with Crippen LogP contribution in [0.1, 0.15) is 10.4 Å². The Labute approximate surface area is 148 Å². The van der Waals surface area contributed by atoms with E-state index in [2.05, 4.69) is 29.2 Å². The summed E-state index contributed by atoms with van der Waals surface area (Å²) in [4.78, 5) is 19.3. The Hall–Kier alpha value is -3.66. The molecule has 1 aromatic heterocycles. The fourth-order valence-electron chi connectivity index (χ4n) is 3.53. The number of nitrogens with zero attached hydrogens (tertiary/aromatic N) is 1. The minimum Gasteiger partial charge on any atom is -0.478 e. The van der Waals surface area contributed by atoms with Crippen LogP contribution in [0.4, 0.5) is 0 Å². The van der Waals surface area contributed by atoms with Gasteiger partial charge in [-0.1, -0.05) is 60.7 Å². The van der Waals surface area contributed by atoms with Crippen molar-refractivity contribution in [3.8, 4) is 11.4 Å². The smallest absolute Gasteiger partial charge is 0.335 e. The second kappa shape index (κ2) is 5.43. The van der Waals surface area contributed by atoms with Gasteiger partial charge >= 0.3 is 5.97 Å². The van der Waals surface area contributed by atoms with Gasteiger partial charge < -0.3 is 10.1 Å². The van der Waals surface area contributed by atoms with Crippen LogP contribution in [-0.2, 0) is 0 Å². The summed E-state index contributed by atoms with van der Waals surface area (Å²) in [5.74, 6) is -0.198. The molecule has 0 spiro atoms. The number of carboxylic acids is 1. The monoisotopic (exact) mass is 338 g/mol. The van der Waals surface area contributed by atoms with E-state index in [4.69, 9.17) is 10.1 Å². The van der Waals surface area contributed by atoms with E-state index < -0.39 is 5.97 Å². The molecular formula is C22H14N2O2. The molecule has 0 saturated heterocycles. The van der Waals surface area contributed by atoms with Gasteiger partial charge in [-0.2, -0.15) is 0 Å². The SMILES string of the molecule is O=C(O)c1ccc(-c2nc3c4ccccc4c4ccccc4c3[nH]2)cc1. The number of imidazole rings is 1. The number of hydrogen-bond acceptors (Lipinski definition) is 2. The predicted octanol–water partition coefficient (Wildman–Crippen LogP) is 5.23. The Morgan fingerprint density at radius 3 is 2.00 bits per heavy atom. The number of carboxylic acid groups (broad SMARTS) is 1. The average Bonchev–Trinajstić information content (AvgIpc) is 3.14. The molecule has 0 radical (unpaired) electrons. The maximum atomic E-state index is 11.1. The highest BCUT2D eigenvalue weighted by Gasteiger charge is 2.13. The van der Waals surface area contributed by atoms with E-state index in [0.717, 1.165) is 33.2 Å². The molecule has 5 aromatic rings. The van der Waals surface area contributed by atoms with E-state index >= 15 is 0 Å². The lowest BCUT2D eigenvalue weighted by Gasteiger charge is -2.05. The van der Waals surface area contributed by atoms with Crippen molar-refractivity contribution in [1.82, 2.24) is 9.97 Å². The first-order chi connectivity index (χ1) is 12.7. The highest BCUT2D eigenvalue weighted by molar-refractivity contribution is 6.23. The highest BCUT2D eigenvalue weighted by atomic mass is 16.4. The highest BCUT2D eigenvalue weighted by Crippen LogP contribution is 2.35. The van der Waals surface area contributed by atoms with Crippen molar-refractivity contribution in [2.24, 2.45) is 0 Å². The predicted molar refractivity (Wildman–Crippen MR) is 104 cm³/mol. The van der Waals surface area contributed by atoms with Crippen LogP contribution in [0.25, 0.3) is 44.0 Å². The quantitative estimate of drug-likeness (QED) is 0.433. The molecule has 0 bridgehead atoms. The van der Waals surface area contributed by atoms with Crippen molar-refractivity contribution in [2.45, 2.75) is 0 Å². The topological polar surface area (TPSA) is 66.0 Å². The van der Waals surface area contributed by atoms with Gasteiger partial charge in [0.25, 0.3) is 0 Å². The molecule has 0 amide bonds. The number of benzene rings is 4. The van der Waals surface area contributed by atoms with Gasteiger partial charge in [-0.05, 0) is 22.9 Å². The second-order valence-electron chi connectivity index (χ2n) is 6.28. The average molecular weight is 338 g/mol. The molecule has 4 heteroatoms. The van der Waals surface area contributed by atoms with Crippen LogP contribution in [0.3, 0.4) is 0 Å². The van der Waals surface area contributed by atoms with Crippen molar-refractivity contribution in [3.63, 3.8) is 0 Å². The lowest BCUT2D eigenvalue weighted by molar-refractivity contribution is 0.0697. The molecular weight excluding hydrogens is 324 g/mol. The molecule has 26 heavy (non-hydrogen) atoms. The summed E-state index contributed by atoms with van der Waals surface area (Å²) in [5.41, 5.74) is 3.05. The molecule has 0 aliphatic carbocycles. The van der Waals surface area contributed by atoms with E-state index in [1.807, 2.05) is 24.3 Å². The van der Waals surface area contributed by atoms with Crippen LogP contribution in [0.5, 0.6) is 0 Å². The van der Waals surface area contributed by atoms with Crippen LogP contribution in [-0.4, -0.2) is 21.0 Å². The third kappa shape index (κ3) is 2.09. The number of rotatable bonds is 2. The Kier molecular flexibility index (Phi) is 3.06. The largest absolute Gasteiger partial charge is 0.478 e. The van der Waals surface area contributed by atoms with Gasteiger partial charge in [-0.25, -0.2) is 9.78 Å². The molecule has 2 N–H and O–H groups in total. The third-order valence-corrected chi connectivity index (χ3v) is 4.78. The molecule has 0 aliphatic heterocycles. The number of fused-ring (bicyclic) bond motifs is 6. The summed E-state index contributed by atoms with van der Waals surface area (Å²) in [5, 5.41) is 13.7. The van der Waals surface area contributed by atoms with E-state index in [0.29, 0.717) is 0 Å². The van der Waals surface area contributed by atoms with Crippen molar-refractivity contribution < 1.29 is 9.90 Å². The van der Waals surface area contributed by atoms with Crippen LogP contribution >= 0.6 is 0 Å². The van der Waals surface area contributed by atoms with E-state index in [-0.39, 0.29) is 5.56 Å². The standard InChI is InChI=1S/C22H14N2O2/c25-22(26)14-11-9-13(10-12-14)21-23-19-17-7-3-1-5-15(17)16-6-2-4-8-18(16)20(19)24-21/h1-12H,(H,23,24)(H,25,26). The molecule has 124 valence electrons. The van der Waals surface area contributed by atoms with Gasteiger partial charge in [0.1, 0.15) is 5.82 Å². The summed E-state index contributed by atoms with van der Waals surface area (Å²) in [6.45, 7) is 0. The summed E-state index contributed by atoms with van der Waals surface area (Å²) >= 11 is 0. The number of aromatic nitrogens is 2. The van der Waals surface area contributed by atoms with Gasteiger partial charge in [0, 0.05) is 16.3 Å². The molecule has 4 aromatic carbocycles. The molecule has 0 fully saturated rings. The number of hydrogen-bond donors (Lipinski definition) is 2. The molecule has 4 nitrogen and oxygen atoms in total. The van der Waals surface area contributed by atoms with E-state index in [1.54, 1.807) is 24.3 Å². The minimum absolute atomic E-state index is 0.265. The van der Waals surface area contributed by atoms with Crippen LogP contribution in [0, 0.1) is 0 Å². The number of aromatic amines is 1. The Balaban J connectivity index is 1.83. The zero-order valence-corrected chi connectivity index (χ0v) is 13.7. The first-order valence-electron chi connectivity index (χ1n) is 8.35.